The fourth-order valence-electron chi connectivity index (χ4n) is 3.18. The van der Waals surface area contributed by atoms with Crippen molar-refractivity contribution in [3.8, 4) is 0 Å². The van der Waals surface area contributed by atoms with E-state index in [2.05, 4.69) is 41.7 Å². The number of aryl methyl sites for hydroxylation is 1. The smallest absolute Gasteiger partial charge is 0.125 e. The van der Waals surface area contributed by atoms with Gasteiger partial charge in [0.25, 0.3) is 0 Å². The molecular weight excluding hydrogens is 305 g/mol. The highest BCUT2D eigenvalue weighted by atomic mass is 79.9. The lowest BCUT2D eigenvalue weighted by Crippen LogP contribution is -2.26. The maximum atomic E-state index is 13.6. The molecule has 2 aromatic rings. The van der Waals surface area contributed by atoms with E-state index < -0.39 is 0 Å². The number of nitrogens with one attached hydrogen (secondary N) is 1. The molecule has 0 saturated carbocycles. The average Bonchev–Trinajstić information content (AvgIpc) is 2.66. The van der Waals surface area contributed by atoms with Gasteiger partial charge in [0.05, 0.1) is 5.52 Å². The molecule has 3 heteroatoms. The number of halogens is 2. The minimum absolute atomic E-state index is 0.168. The number of H-pyrrole nitrogens is 1. The molecule has 1 aromatic heterocycles. The van der Waals surface area contributed by atoms with Crippen LogP contribution < -0.4 is 0 Å². The van der Waals surface area contributed by atoms with Gasteiger partial charge in [-0.05, 0) is 64.2 Å². The molecule has 0 amide bonds. The molecule has 3 rings (SSSR count). The third-order valence-electron chi connectivity index (χ3n) is 4.44. The van der Waals surface area contributed by atoms with Crippen molar-refractivity contribution in [2.24, 2.45) is 11.3 Å². The van der Waals surface area contributed by atoms with Crippen molar-refractivity contribution in [1.82, 2.24) is 4.98 Å². The third kappa shape index (κ3) is 2.22. The van der Waals surface area contributed by atoms with Crippen LogP contribution in [0.4, 0.5) is 4.39 Å². The molecule has 1 atom stereocenters. The Labute approximate surface area is 121 Å². The summed E-state index contributed by atoms with van der Waals surface area (Å²) in [7, 11) is 0. The molecule has 1 N–H and O–H groups in total. The molecule has 0 saturated heterocycles. The van der Waals surface area contributed by atoms with Crippen LogP contribution >= 0.6 is 15.9 Å². The number of hydrogen-bond acceptors (Lipinski definition) is 0. The Morgan fingerprint density at radius 1 is 1.32 bits per heavy atom. The number of aromatic amines is 1. The molecule has 19 heavy (non-hydrogen) atoms. The molecule has 0 aliphatic heterocycles. The minimum Gasteiger partial charge on any atom is -0.357 e. The van der Waals surface area contributed by atoms with Crippen molar-refractivity contribution in [1.29, 1.82) is 0 Å². The molecular formula is C16H19BrFN. The van der Waals surface area contributed by atoms with Gasteiger partial charge < -0.3 is 4.98 Å². The van der Waals surface area contributed by atoms with E-state index in [1.165, 1.54) is 23.7 Å². The van der Waals surface area contributed by atoms with Crippen molar-refractivity contribution in [3.05, 3.63) is 33.7 Å². The zero-order chi connectivity index (χ0) is 13.8. The zero-order valence-corrected chi connectivity index (χ0v) is 13.2. The van der Waals surface area contributed by atoms with Crippen LogP contribution in [-0.2, 0) is 12.8 Å². The van der Waals surface area contributed by atoms with Gasteiger partial charge in [-0.1, -0.05) is 20.8 Å². The Kier molecular flexibility index (Phi) is 3.01. The second-order valence-electron chi connectivity index (χ2n) is 6.70. The SMILES string of the molecule is CC(C)(C)C1CCc2[nH]c3c(Br)cc(F)cc3c2C1. The van der Waals surface area contributed by atoms with Crippen LogP contribution in [0.15, 0.2) is 16.6 Å². The molecule has 0 bridgehead atoms. The fraction of sp³-hybridized carbons (Fsp3) is 0.500. The van der Waals surface area contributed by atoms with Gasteiger partial charge in [0.2, 0.25) is 0 Å². The Balaban J connectivity index is 2.13. The van der Waals surface area contributed by atoms with Gasteiger partial charge in [0, 0.05) is 15.6 Å². The molecule has 1 heterocycles. The summed E-state index contributed by atoms with van der Waals surface area (Å²) < 4.78 is 14.5. The predicted octanol–water partition coefficient (Wildman–Crippen LogP) is 5.22. The van der Waals surface area contributed by atoms with E-state index >= 15 is 0 Å². The van der Waals surface area contributed by atoms with Crippen LogP contribution in [0, 0.1) is 17.2 Å². The number of benzene rings is 1. The number of fused-ring (bicyclic) bond motifs is 3. The largest absolute Gasteiger partial charge is 0.357 e. The summed E-state index contributed by atoms with van der Waals surface area (Å²) in [6.07, 6.45) is 3.33. The molecule has 0 radical (unpaired) electrons. The van der Waals surface area contributed by atoms with E-state index in [0.29, 0.717) is 11.3 Å². The van der Waals surface area contributed by atoms with Crippen LogP contribution in [0.2, 0.25) is 0 Å². The zero-order valence-electron chi connectivity index (χ0n) is 11.6. The monoisotopic (exact) mass is 323 g/mol. The van der Waals surface area contributed by atoms with Crippen LogP contribution in [0.3, 0.4) is 0 Å². The average molecular weight is 324 g/mol. The number of rotatable bonds is 0. The molecule has 1 aliphatic carbocycles. The Bertz CT molecular complexity index is 636. The summed E-state index contributed by atoms with van der Waals surface area (Å²) in [5.74, 6) is 0.500. The third-order valence-corrected chi connectivity index (χ3v) is 5.06. The van der Waals surface area contributed by atoms with Crippen molar-refractivity contribution in [2.45, 2.75) is 40.0 Å². The lowest BCUT2D eigenvalue weighted by molar-refractivity contribution is 0.216. The van der Waals surface area contributed by atoms with Crippen LogP contribution in [-0.4, -0.2) is 4.98 Å². The normalized spacial score (nSPS) is 19.7. The summed E-state index contributed by atoms with van der Waals surface area (Å²) in [6, 6.07) is 3.20. The van der Waals surface area contributed by atoms with Crippen LogP contribution in [0.25, 0.3) is 10.9 Å². The van der Waals surface area contributed by atoms with Gasteiger partial charge in [-0.15, -0.1) is 0 Å². The molecule has 1 aromatic carbocycles. The van der Waals surface area contributed by atoms with E-state index in [1.54, 1.807) is 6.07 Å². The van der Waals surface area contributed by atoms with Crippen LogP contribution in [0.1, 0.15) is 38.4 Å². The van der Waals surface area contributed by atoms with Crippen molar-refractivity contribution in [3.63, 3.8) is 0 Å². The van der Waals surface area contributed by atoms with Gasteiger partial charge in [-0.3, -0.25) is 0 Å². The van der Waals surface area contributed by atoms with Gasteiger partial charge in [0.1, 0.15) is 5.82 Å². The van der Waals surface area contributed by atoms with Crippen molar-refractivity contribution < 1.29 is 4.39 Å². The molecule has 102 valence electrons. The van der Waals surface area contributed by atoms with Gasteiger partial charge in [-0.25, -0.2) is 4.39 Å². The first-order valence-corrected chi connectivity index (χ1v) is 7.64. The molecule has 1 aliphatic rings. The van der Waals surface area contributed by atoms with Gasteiger partial charge in [0.15, 0.2) is 0 Å². The van der Waals surface area contributed by atoms with Crippen molar-refractivity contribution >= 4 is 26.8 Å². The summed E-state index contributed by atoms with van der Waals surface area (Å²) in [6.45, 7) is 6.90. The summed E-state index contributed by atoms with van der Waals surface area (Å²) in [5.41, 5.74) is 3.97. The Hall–Kier alpha value is -0.830. The van der Waals surface area contributed by atoms with Crippen LogP contribution in [0.5, 0.6) is 0 Å². The summed E-state index contributed by atoms with van der Waals surface area (Å²) >= 11 is 3.46. The quantitative estimate of drug-likeness (QED) is 0.684. The Morgan fingerprint density at radius 3 is 2.74 bits per heavy atom. The van der Waals surface area contributed by atoms with E-state index in [9.17, 15) is 4.39 Å². The predicted molar refractivity (Wildman–Crippen MR) is 80.9 cm³/mol. The maximum absolute atomic E-state index is 13.6. The topological polar surface area (TPSA) is 15.8 Å². The van der Waals surface area contributed by atoms with Crippen molar-refractivity contribution in [2.75, 3.05) is 0 Å². The van der Waals surface area contributed by atoms with Gasteiger partial charge in [-0.2, -0.15) is 0 Å². The second-order valence-corrected chi connectivity index (χ2v) is 7.55. The molecule has 0 fully saturated rings. The number of hydrogen-bond donors (Lipinski definition) is 1. The van der Waals surface area contributed by atoms with Gasteiger partial charge >= 0.3 is 0 Å². The first-order valence-electron chi connectivity index (χ1n) is 6.84. The lowest BCUT2D eigenvalue weighted by atomic mass is 9.71. The molecule has 1 unspecified atom stereocenters. The number of aromatic nitrogens is 1. The summed E-state index contributed by atoms with van der Waals surface area (Å²) in [5, 5.41) is 1.05. The minimum atomic E-state index is -0.168. The van der Waals surface area contributed by atoms with E-state index in [0.717, 1.165) is 28.2 Å². The molecule has 0 spiro atoms. The summed E-state index contributed by atoms with van der Waals surface area (Å²) in [4.78, 5) is 3.47. The Morgan fingerprint density at radius 2 is 2.05 bits per heavy atom. The highest BCUT2D eigenvalue weighted by Gasteiger charge is 2.30. The standard InChI is InChI=1S/C16H19BrFN/c1-16(2,3)9-4-5-14-11(6-9)12-7-10(18)8-13(17)15(12)19-14/h7-9,19H,4-6H2,1-3H3. The highest BCUT2D eigenvalue weighted by Crippen LogP contribution is 2.41. The van der Waals surface area contributed by atoms with E-state index in [1.807, 2.05) is 0 Å². The fourth-order valence-corrected chi connectivity index (χ4v) is 3.71. The maximum Gasteiger partial charge on any atom is 0.125 e. The van der Waals surface area contributed by atoms with E-state index in [4.69, 9.17) is 0 Å². The highest BCUT2D eigenvalue weighted by molar-refractivity contribution is 9.10. The first kappa shape index (κ1) is 13.2. The lowest BCUT2D eigenvalue weighted by Gasteiger charge is -2.34. The molecule has 1 nitrogen and oxygen atoms in total. The van der Waals surface area contributed by atoms with E-state index in [-0.39, 0.29) is 5.82 Å². The second kappa shape index (κ2) is 4.34. The first-order chi connectivity index (χ1) is 8.86.